The maximum absolute atomic E-state index is 13.5. The second-order valence-electron chi connectivity index (χ2n) is 8.19. The number of amides is 1. The lowest BCUT2D eigenvalue weighted by atomic mass is 9.79. The Bertz CT molecular complexity index is 856. The van der Waals surface area contributed by atoms with E-state index in [2.05, 4.69) is 10.2 Å². The topological polar surface area (TPSA) is 98.5 Å². The highest BCUT2D eigenvalue weighted by Crippen LogP contribution is 2.33. The smallest absolute Gasteiger partial charge is 0.329 e. The van der Waals surface area contributed by atoms with Gasteiger partial charge in [0.1, 0.15) is 5.78 Å². The van der Waals surface area contributed by atoms with Crippen molar-refractivity contribution in [1.29, 1.82) is 0 Å². The van der Waals surface area contributed by atoms with E-state index in [4.69, 9.17) is 5.90 Å². The molecule has 0 spiro atoms. The SMILES string of the molecule is CNC(=O)[C@@H](CC(=O)[C@H](CC(C)C)[C@H](CSc1cccs1)C(=O)ON)Cc1ccccc1. The van der Waals surface area contributed by atoms with E-state index in [0.717, 1.165) is 9.77 Å². The van der Waals surface area contributed by atoms with Gasteiger partial charge in [-0.15, -0.1) is 23.1 Å². The molecule has 3 atom stereocenters. The number of carbonyl (C=O) groups excluding carboxylic acids is 3. The van der Waals surface area contributed by atoms with E-state index in [1.807, 2.05) is 61.7 Å². The lowest BCUT2D eigenvalue weighted by molar-refractivity contribution is -0.152. The molecule has 3 N–H and O–H groups in total. The summed E-state index contributed by atoms with van der Waals surface area (Å²) in [4.78, 5) is 43.2. The lowest BCUT2D eigenvalue weighted by Gasteiger charge is -2.26. The zero-order valence-electron chi connectivity index (χ0n) is 18.8. The predicted octanol–water partition coefficient (Wildman–Crippen LogP) is 4.10. The van der Waals surface area contributed by atoms with Gasteiger partial charge in [0.25, 0.3) is 0 Å². The number of thioether (sulfide) groups is 1. The first kappa shape index (κ1) is 26.1. The summed E-state index contributed by atoms with van der Waals surface area (Å²) in [6, 6.07) is 13.5. The Kier molecular flexibility index (Phi) is 10.9. The van der Waals surface area contributed by atoms with Crippen LogP contribution in [0.1, 0.15) is 32.3 Å². The first-order valence-electron chi connectivity index (χ1n) is 10.7. The number of ketones is 1. The van der Waals surface area contributed by atoms with Gasteiger partial charge in [0, 0.05) is 31.1 Å². The quantitative estimate of drug-likeness (QED) is 0.334. The summed E-state index contributed by atoms with van der Waals surface area (Å²) in [5.41, 5.74) is 0.987. The summed E-state index contributed by atoms with van der Waals surface area (Å²) in [6.45, 7) is 4.02. The average Bonchev–Trinajstić information content (AvgIpc) is 3.31. The van der Waals surface area contributed by atoms with E-state index in [1.54, 1.807) is 18.4 Å². The average molecular weight is 477 g/mol. The molecule has 0 unspecified atom stereocenters. The fourth-order valence-corrected chi connectivity index (χ4v) is 5.71. The Hall–Kier alpha value is -2.16. The van der Waals surface area contributed by atoms with Crippen LogP contribution in [0, 0.1) is 23.7 Å². The van der Waals surface area contributed by atoms with Gasteiger partial charge >= 0.3 is 5.97 Å². The highest BCUT2D eigenvalue weighted by atomic mass is 32.2. The third kappa shape index (κ3) is 8.07. The van der Waals surface area contributed by atoms with Gasteiger partial charge in [-0.3, -0.25) is 14.4 Å². The number of benzene rings is 1. The van der Waals surface area contributed by atoms with Crippen molar-refractivity contribution < 1.29 is 19.2 Å². The molecule has 2 rings (SSSR count). The van der Waals surface area contributed by atoms with Crippen LogP contribution in [0.2, 0.25) is 0 Å². The molecular formula is C24H32N2O4S2. The molecule has 1 aromatic heterocycles. The zero-order chi connectivity index (χ0) is 23.5. The van der Waals surface area contributed by atoms with E-state index in [0.29, 0.717) is 18.6 Å². The largest absolute Gasteiger partial charge is 0.373 e. The Balaban J connectivity index is 2.23. The van der Waals surface area contributed by atoms with Crippen LogP contribution in [0.15, 0.2) is 52.1 Å². The van der Waals surface area contributed by atoms with Gasteiger partial charge < -0.3 is 10.2 Å². The maximum atomic E-state index is 13.5. The number of rotatable bonds is 13. The van der Waals surface area contributed by atoms with Gasteiger partial charge in [-0.05, 0) is 35.8 Å². The normalized spacial score (nSPS) is 13.9. The minimum absolute atomic E-state index is 0.0595. The summed E-state index contributed by atoms with van der Waals surface area (Å²) in [7, 11) is 1.57. The second kappa shape index (κ2) is 13.4. The third-order valence-corrected chi connectivity index (χ3v) is 7.58. The van der Waals surface area contributed by atoms with E-state index in [1.165, 1.54) is 11.8 Å². The lowest BCUT2D eigenvalue weighted by Crippen LogP contribution is -2.38. The van der Waals surface area contributed by atoms with Crippen LogP contribution in [0.3, 0.4) is 0 Å². The molecule has 1 heterocycles. The molecule has 0 aliphatic carbocycles. The molecule has 1 aromatic carbocycles. The van der Waals surface area contributed by atoms with Gasteiger partial charge in [-0.1, -0.05) is 50.2 Å². The number of thiophene rings is 1. The van der Waals surface area contributed by atoms with Gasteiger partial charge in [0.2, 0.25) is 5.91 Å². The molecule has 32 heavy (non-hydrogen) atoms. The van der Waals surface area contributed by atoms with Crippen LogP contribution in [0.25, 0.3) is 0 Å². The van der Waals surface area contributed by atoms with Crippen LogP contribution >= 0.6 is 23.1 Å². The van der Waals surface area contributed by atoms with E-state index in [9.17, 15) is 14.4 Å². The summed E-state index contributed by atoms with van der Waals surface area (Å²) in [6.07, 6.45) is 1.04. The molecule has 174 valence electrons. The van der Waals surface area contributed by atoms with E-state index >= 15 is 0 Å². The molecule has 8 heteroatoms. The molecule has 0 aliphatic heterocycles. The summed E-state index contributed by atoms with van der Waals surface area (Å²) in [5.74, 6) is 3.18. The first-order chi connectivity index (χ1) is 15.3. The maximum Gasteiger partial charge on any atom is 0.329 e. The van der Waals surface area contributed by atoms with Crippen molar-refractivity contribution in [3.05, 3.63) is 53.4 Å². The third-order valence-electron chi connectivity index (χ3n) is 5.33. The molecule has 0 bridgehead atoms. The number of nitrogens with two attached hydrogens (primary N) is 1. The fourth-order valence-electron chi connectivity index (χ4n) is 3.74. The molecular weight excluding hydrogens is 444 g/mol. The Morgan fingerprint density at radius 3 is 2.38 bits per heavy atom. The van der Waals surface area contributed by atoms with Crippen LogP contribution in [0.4, 0.5) is 0 Å². The van der Waals surface area contributed by atoms with Crippen molar-refractivity contribution in [2.24, 2.45) is 29.6 Å². The Morgan fingerprint density at radius 1 is 1.09 bits per heavy atom. The predicted molar refractivity (Wildman–Crippen MR) is 129 cm³/mol. The van der Waals surface area contributed by atoms with Crippen molar-refractivity contribution in [3.63, 3.8) is 0 Å². The molecule has 2 aromatic rings. The zero-order valence-corrected chi connectivity index (χ0v) is 20.4. The van der Waals surface area contributed by atoms with E-state index in [-0.39, 0.29) is 24.0 Å². The minimum atomic E-state index is -0.677. The first-order valence-corrected chi connectivity index (χ1v) is 12.6. The second-order valence-corrected chi connectivity index (χ2v) is 10.5. The van der Waals surface area contributed by atoms with E-state index < -0.39 is 23.7 Å². The van der Waals surface area contributed by atoms with Crippen molar-refractivity contribution in [1.82, 2.24) is 5.32 Å². The summed E-state index contributed by atoms with van der Waals surface area (Å²) in [5, 5.41) is 4.64. The molecule has 1 amide bonds. The molecule has 6 nitrogen and oxygen atoms in total. The van der Waals surface area contributed by atoms with Crippen molar-refractivity contribution in [2.75, 3.05) is 12.8 Å². The Labute approximate surface area is 198 Å². The highest BCUT2D eigenvalue weighted by molar-refractivity contribution is 8.01. The molecule has 0 radical (unpaired) electrons. The summed E-state index contributed by atoms with van der Waals surface area (Å²) < 4.78 is 1.06. The van der Waals surface area contributed by atoms with Crippen molar-refractivity contribution in [3.8, 4) is 0 Å². The van der Waals surface area contributed by atoms with Gasteiger partial charge in [0.15, 0.2) is 0 Å². The number of hydrogen-bond acceptors (Lipinski definition) is 7. The highest BCUT2D eigenvalue weighted by Gasteiger charge is 2.37. The summed E-state index contributed by atoms with van der Waals surface area (Å²) >= 11 is 3.09. The van der Waals surface area contributed by atoms with Crippen LogP contribution < -0.4 is 11.2 Å². The molecule has 0 saturated carbocycles. The fraction of sp³-hybridized carbons (Fsp3) is 0.458. The Morgan fingerprint density at radius 2 is 1.81 bits per heavy atom. The van der Waals surface area contributed by atoms with Gasteiger partial charge in [-0.2, -0.15) is 5.90 Å². The number of Topliss-reactive ketones (excluding diaryl/α,β-unsaturated/α-hetero) is 1. The van der Waals surface area contributed by atoms with Crippen LogP contribution in [-0.4, -0.2) is 30.5 Å². The standard InChI is InChI=1S/C24H32N2O4S2/c1-16(2)12-19(20(24(29)30-25)15-32-22-10-7-11-31-22)21(27)14-18(23(28)26-3)13-17-8-5-4-6-9-17/h4-11,16,18-20H,12-15,25H2,1-3H3,(H,26,28)/t18-,19-,20+/m1/s1. The van der Waals surface area contributed by atoms with Gasteiger partial charge in [-0.25, -0.2) is 0 Å². The number of hydrogen-bond donors (Lipinski definition) is 2. The van der Waals surface area contributed by atoms with Crippen LogP contribution in [0.5, 0.6) is 0 Å². The monoisotopic (exact) mass is 476 g/mol. The molecule has 0 saturated heterocycles. The van der Waals surface area contributed by atoms with Gasteiger partial charge in [0.05, 0.1) is 10.1 Å². The van der Waals surface area contributed by atoms with Crippen molar-refractivity contribution >= 4 is 40.8 Å². The minimum Gasteiger partial charge on any atom is -0.373 e. The molecule has 0 aliphatic rings. The van der Waals surface area contributed by atoms with Crippen LogP contribution in [-0.2, 0) is 25.6 Å². The number of nitrogens with one attached hydrogen (secondary N) is 1. The molecule has 0 fully saturated rings. The van der Waals surface area contributed by atoms with Crippen molar-refractivity contribution in [2.45, 2.75) is 37.3 Å². The number of carbonyl (C=O) groups is 3.